The van der Waals surface area contributed by atoms with E-state index in [9.17, 15) is 0 Å². The molecule has 134 valence electrons. The van der Waals surface area contributed by atoms with Gasteiger partial charge in [0.15, 0.2) is 0 Å². The summed E-state index contributed by atoms with van der Waals surface area (Å²) in [5.74, 6) is 1.81. The predicted molar refractivity (Wildman–Crippen MR) is 106 cm³/mol. The lowest BCUT2D eigenvalue weighted by Crippen LogP contribution is -2.47. The predicted octanol–water partition coefficient (Wildman–Crippen LogP) is 3.83. The van der Waals surface area contributed by atoms with Gasteiger partial charge in [-0.2, -0.15) is 0 Å². The van der Waals surface area contributed by atoms with Gasteiger partial charge in [0.2, 0.25) is 0 Å². The Labute approximate surface area is 158 Å². The smallest absolute Gasteiger partial charge is 0.135 e. The van der Waals surface area contributed by atoms with Gasteiger partial charge in [-0.3, -0.25) is 4.90 Å². The number of hydrogen-bond acceptors (Lipinski definition) is 4. The summed E-state index contributed by atoms with van der Waals surface area (Å²) >= 11 is 3.52. The first-order valence-corrected chi connectivity index (χ1v) is 9.42. The lowest BCUT2D eigenvalue weighted by atomic mass is 10.1. The second-order valence-electron chi connectivity index (χ2n) is 6.25. The number of rotatable bonds is 6. The zero-order chi connectivity index (χ0) is 17.6. The number of methoxy groups -OCH3 is 2. The van der Waals surface area contributed by atoms with E-state index >= 15 is 0 Å². The molecule has 0 aromatic heterocycles. The molecular weight excluding hydrogens is 380 g/mol. The molecule has 4 nitrogen and oxygen atoms in total. The Morgan fingerprint density at radius 1 is 0.920 bits per heavy atom. The monoisotopic (exact) mass is 404 g/mol. The molecule has 2 aromatic rings. The molecule has 0 amide bonds. The van der Waals surface area contributed by atoms with E-state index in [0.717, 1.165) is 55.1 Å². The summed E-state index contributed by atoms with van der Waals surface area (Å²) in [5, 5.41) is 0. The van der Waals surface area contributed by atoms with Crippen LogP contribution in [0.15, 0.2) is 46.9 Å². The first-order valence-electron chi connectivity index (χ1n) is 8.63. The maximum absolute atomic E-state index is 5.41. The molecule has 25 heavy (non-hydrogen) atoms. The Morgan fingerprint density at radius 2 is 1.64 bits per heavy atom. The molecule has 0 spiro atoms. The second-order valence-corrected chi connectivity index (χ2v) is 7.10. The molecular formula is C20H25BrN2O2. The summed E-state index contributed by atoms with van der Waals surface area (Å²) in [4.78, 5) is 4.97. The number of piperazine rings is 1. The van der Waals surface area contributed by atoms with Gasteiger partial charge in [0.1, 0.15) is 11.5 Å². The Morgan fingerprint density at radius 3 is 2.28 bits per heavy atom. The van der Waals surface area contributed by atoms with Crippen molar-refractivity contribution < 1.29 is 9.47 Å². The maximum atomic E-state index is 5.41. The van der Waals surface area contributed by atoms with Crippen LogP contribution in [0, 0.1) is 0 Å². The Kier molecular flexibility index (Phi) is 6.21. The van der Waals surface area contributed by atoms with E-state index in [1.165, 1.54) is 11.3 Å². The molecule has 0 unspecified atom stereocenters. The molecule has 1 saturated heterocycles. The number of hydrogen-bond donors (Lipinski definition) is 0. The molecule has 0 saturated carbocycles. The SMILES string of the molecule is COc1ccc(CCN2CCN(c3ccc(Br)c(OC)c3)CC2)cc1. The van der Waals surface area contributed by atoms with Crippen molar-refractivity contribution in [3.05, 3.63) is 52.5 Å². The largest absolute Gasteiger partial charge is 0.497 e. The molecule has 1 heterocycles. The summed E-state index contributed by atoms with van der Waals surface area (Å²) in [6, 6.07) is 14.7. The summed E-state index contributed by atoms with van der Waals surface area (Å²) in [5.41, 5.74) is 2.59. The van der Waals surface area contributed by atoms with E-state index in [2.05, 4.69) is 56.1 Å². The molecule has 5 heteroatoms. The highest BCUT2D eigenvalue weighted by Crippen LogP contribution is 2.30. The quantitative estimate of drug-likeness (QED) is 0.730. The van der Waals surface area contributed by atoms with Crippen molar-refractivity contribution in [1.29, 1.82) is 0 Å². The summed E-state index contributed by atoms with van der Waals surface area (Å²) in [7, 11) is 3.41. The van der Waals surface area contributed by atoms with Gasteiger partial charge in [-0.25, -0.2) is 0 Å². The number of benzene rings is 2. The molecule has 0 radical (unpaired) electrons. The van der Waals surface area contributed by atoms with Crippen molar-refractivity contribution in [2.24, 2.45) is 0 Å². The van der Waals surface area contributed by atoms with Gasteiger partial charge >= 0.3 is 0 Å². The van der Waals surface area contributed by atoms with Crippen LogP contribution in [0.3, 0.4) is 0 Å². The highest BCUT2D eigenvalue weighted by molar-refractivity contribution is 9.10. The first-order chi connectivity index (χ1) is 12.2. The molecule has 0 bridgehead atoms. The normalized spacial score (nSPS) is 15.2. The van der Waals surface area contributed by atoms with E-state index in [-0.39, 0.29) is 0 Å². The molecule has 1 fully saturated rings. The molecule has 0 N–H and O–H groups in total. The topological polar surface area (TPSA) is 24.9 Å². The Hall–Kier alpha value is -1.72. The minimum atomic E-state index is 0.888. The molecule has 0 aliphatic carbocycles. The van der Waals surface area contributed by atoms with Crippen LogP contribution in [0.1, 0.15) is 5.56 Å². The summed E-state index contributed by atoms with van der Waals surface area (Å²) in [6.45, 7) is 5.38. The van der Waals surface area contributed by atoms with Crippen LogP contribution in [-0.2, 0) is 6.42 Å². The molecule has 1 aliphatic rings. The Bertz CT molecular complexity index is 683. The number of halogens is 1. The van der Waals surface area contributed by atoms with Gasteiger partial charge in [-0.15, -0.1) is 0 Å². The van der Waals surface area contributed by atoms with Gasteiger partial charge in [0, 0.05) is 44.5 Å². The summed E-state index contributed by atoms with van der Waals surface area (Å²) in [6.07, 6.45) is 1.08. The van der Waals surface area contributed by atoms with E-state index in [0.29, 0.717) is 0 Å². The summed E-state index contributed by atoms with van der Waals surface area (Å²) < 4.78 is 11.6. The van der Waals surface area contributed by atoms with Crippen LogP contribution in [-0.4, -0.2) is 51.8 Å². The molecule has 0 atom stereocenters. The van der Waals surface area contributed by atoms with Crippen molar-refractivity contribution in [3.63, 3.8) is 0 Å². The first kappa shape index (κ1) is 18.1. The number of anilines is 1. The fourth-order valence-electron chi connectivity index (χ4n) is 3.15. The second kappa shape index (κ2) is 8.59. The molecule has 2 aromatic carbocycles. The van der Waals surface area contributed by atoms with Crippen molar-refractivity contribution in [1.82, 2.24) is 4.90 Å². The third kappa shape index (κ3) is 4.67. The number of ether oxygens (including phenoxy) is 2. The highest BCUT2D eigenvalue weighted by atomic mass is 79.9. The van der Waals surface area contributed by atoms with Crippen LogP contribution in [0.5, 0.6) is 11.5 Å². The molecule has 3 rings (SSSR count). The third-order valence-electron chi connectivity index (χ3n) is 4.75. The van der Waals surface area contributed by atoms with Crippen molar-refractivity contribution in [3.8, 4) is 11.5 Å². The highest BCUT2D eigenvalue weighted by Gasteiger charge is 2.17. The van der Waals surface area contributed by atoms with Gasteiger partial charge in [0.05, 0.1) is 18.7 Å². The maximum Gasteiger partial charge on any atom is 0.135 e. The average Bonchev–Trinajstić information content (AvgIpc) is 2.67. The van der Waals surface area contributed by atoms with Crippen LogP contribution in [0.4, 0.5) is 5.69 Å². The lowest BCUT2D eigenvalue weighted by Gasteiger charge is -2.36. The van der Waals surface area contributed by atoms with E-state index in [1.807, 2.05) is 12.1 Å². The minimum Gasteiger partial charge on any atom is -0.497 e. The van der Waals surface area contributed by atoms with Gasteiger partial charge in [0.25, 0.3) is 0 Å². The number of nitrogens with zero attached hydrogens (tertiary/aromatic N) is 2. The van der Waals surface area contributed by atoms with E-state index in [1.54, 1.807) is 14.2 Å². The average molecular weight is 405 g/mol. The van der Waals surface area contributed by atoms with E-state index in [4.69, 9.17) is 9.47 Å². The van der Waals surface area contributed by atoms with Crippen LogP contribution < -0.4 is 14.4 Å². The fourth-order valence-corrected chi connectivity index (χ4v) is 3.56. The fraction of sp³-hybridized carbons (Fsp3) is 0.400. The Balaban J connectivity index is 1.49. The zero-order valence-corrected chi connectivity index (χ0v) is 16.5. The minimum absolute atomic E-state index is 0.888. The van der Waals surface area contributed by atoms with Gasteiger partial charge in [-0.05, 0) is 52.2 Å². The van der Waals surface area contributed by atoms with E-state index < -0.39 is 0 Å². The van der Waals surface area contributed by atoms with Gasteiger partial charge < -0.3 is 14.4 Å². The molecule has 1 aliphatic heterocycles. The lowest BCUT2D eigenvalue weighted by molar-refractivity contribution is 0.261. The van der Waals surface area contributed by atoms with Crippen molar-refractivity contribution in [2.75, 3.05) is 51.8 Å². The van der Waals surface area contributed by atoms with Crippen LogP contribution in [0.25, 0.3) is 0 Å². The van der Waals surface area contributed by atoms with Crippen molar-refractivity contribution >= 4 is 21.6 Å². The van der Waals surface area contributed by atoms with Crippen LogP contribution in [0.2, 0.25) is 0 Å². The third-order valence-corrected chi connectivity index (χ3v) is 5.40. The zero-order valence-electron chi connectivity index (χ0n) is 14.9. The van der Waals surface area contributed by atoms with Crippen LogP contribution >= 0.6 is 15.9 Å². The van der Waals surface area contributed by atoms with Crippen molar-refractivity contribution in [2.45, 2.75) is 6.42 Å². The van der Waals surface area contributed by atoms with Gasteiger partial charge in [-0.1, -0.05) is 12.1 Å². The standard InChI is InChI=1S/C20H25BrN2O2/c1-24-18-6-3-16(4-7-18)9-10-22-11-13-23(14-12-22)17-5-8-19(21)20(15-17)25-2/h3-8,15H,9-14H2,1-2H3.